The van der Waals surface area contributed by atoms with Gasteiger partial charge in [0.1, 0.15) is 0 Å². The van der Waals surface area contributed by atoms with Crippen LogP contribution in [-0.4, -0.2) is 18.6 Å². The molecule has 1 fully saturated rings. The molecule has 1 rings (SSSR count). The molecule has 0 aromatic carbocycles. The maximum atomic E-state index is 5.46. The smallest absolute Gasteiger partial charge is 0.0203 e. The molecule has 0 amide bonds. The van der Waals surface area contributed by atoms with E-state index in [1.807, 2.05) is 27.7 Å². The minimum atomic E-state index is 0.439. The lowest BCUT2D eigenvalue weighted by Crippen LogP contribution is -2.57. The molecule has 1 saturated heterocycles. The first-order valence-electron chi connectivity index (χ1n) is 5.78. The first kappa shape index (κ1) is 15.4. The largest absolute Gasteiger partial charge is 0.330 e. The van der Waals surface area contributed by atoms with Crippen LogP contribution >= 0.6 is 0 Å². The van der Waals surface area contributed by atoms with Crippen LogP contribution < -0.4 is 11.1 Å². The van der Waals surface area contributed by atoms with Crippen LogP contribution in [0.4, 0.5) is 0 Å². The third-order valence-electron chi connectivity index (χ3n) is 2.40. The van der Waals surface area contributed by atoms with E-state index in [1.165, 1.54) is 19.4 Å². The molecule has 0 aromatic heterocycles. The SMILES string of the molecule is CC.CC.CCC1(CCN)CCN1. The Bertz CT molecular complexity index is 82.6. The molecule has 0 aromatic rings. The van der Waals surface area contributed by atoms with E-state index >= 15 is 0 Å². The molecule has 3 N–H and O–H groups in total. The highest BCUT2D eigenvalue weighted by molar-refractivity contribution is 4.95. The summed E-state index contributed by atoms with van der Waals surface area (Å²) in [5.41, 5.74) is 5.90. The van der Waals surface area contributed by atoms with E-state index < -0.39 is 0 Å². The van der Waals surface area contributed by atoms with E-state index in [2.05, 4.69) is 12.2 Å². The number of nitrogens with two attached hydrogens (primary N) is 1. The van der Waals surface area contributed by atoms with E-state index in [1.54, 1.807) is 0 Å². The van der Waals surface area contributed by atoms with Crippen molar-refractivity contribution in [3.05, 3.63) is 0 Å². The number of hydrogen-bond donors (Lipinski definition) is 2. The number of nitrogens with one attached hydrogen (secondary N) is 1. The summed E-state index contributed by atoms with van der Waals surface area (Å²) in [7, 11) is 0. The molecule has 1 atom stereocenters. The van der Waals surface area contributed by atoms with Crippen LogP contribution in [0.1, 0.15) is 53.9 Å². The van der Waals surface area contributed by atoms with Crippen molar-refractivity contribution in [3.8, 4) is 0 Å². The normalized spacial score (nSPS) is 24.5. The van der Waals surface area contributed by atoms with Gasteiger partial charge in [-0.15, -0.1) is 0 Å². The second-order valence-corrected chi connectivity index (χ2v) is 2.85. The van der Waals surface area contributed by atoms with Crippen molar-refractivity contribution in [1.82, 2.24) is 5.32 Å². The fraction of sp³-hybridized carbons (Fsp3) is 1.00. The topological polar surface area (TPSA) is 38.0 Å². The van der Waals surface area contributed by atoms with Crippen LogP contribution in [0.25, 0.3) is 0 Å². The summed E-state index contributed by atoms with van der Waals surface area (Å²) in [6, 6.07) is 0. The van der Waals surface area contributed by atoms with Gasteiger partial charge in [-0.3, -0.25) is 0 Å². The molecule has 0 radical (unpaired) electrons. The van der Waals surface area contributed by atoms with Gasteiger partial charge in [0.15, 0.2) is 0 Å². The first-order chi connectivity index (χ1) is 6.33. The highest BCUT2D eigenvalue weighted by atomic mass is 15.0. The Labute approximate surface area is 84.3 Å². The maximum absolute atomic E-state index is 5.46. The quantitative estimate of drug-likeness (QED) is 0.714. The van der Waals surface area contributed by atoms with Crippen molar-refractivity contribution in [3.63, 3.8) is 0 Å². The molecule has 1 heterocycles. The second-order valence-electron chi connectivity index (χ2n) is 2.85. The molecule has 0 spiro atoms. The third kappa shape index (κ3) is 5.27. The van der Waals surface area contributed by atoms with Crippen molar-refractivity contribution in [2.45, 2.75) is 59.4 Å². The maximum Gasteiger partial charge on any atom is 0.0203 e. The summed E-state index contributed by atoms with van der Waals surface area (Å²) in [4.78, 5) is 0. The van der Waals surface area contributed by atoms with Gasteiger partial charge >= 0.3 is 0 Å². The van der Waals surface area contributed by atoms with E-state index in [9.17, 15) is 0 Å². The average Bonchev–Trinajstić information content (AvgIpc) is 2.18. The Balaban J connectivity index is 0. The van der Waals surface area contributed by atoms with Crippen LogP contribution in [0, 0.1) is 0 Å². The zero-order valence-electron chi connectivity index (χ0n) is 10.1. The monoisotopic (exact) mass is 188 g/mol. The molecule has 0 bridgehead atoms. The lowest BCUT2D eigenvalue weighted by atomic mass is 9.82. The number of hydrogen-bond acceptors (Lipinski definition) is 2. The molecular formula is C11H28N2. The van der Waals surface area contributed by atoms with Crippen molar-refractivity contribution >= 4 is 0 Å². The molecule has 0 saturated carbocycles. The Morgan fingerprint density at radius 1 is 1.23 bits per heavy atom. The molecule has 1 unspecified atom stereocenters. The van der Waals surface area contributed by atoms with E-state index in [0.29, 0.717) is 5.54 Å². The zero-order chi connectivity index (χ0) is 10.7. The lowest BCUT2D eigenvalue weighted by molar-refractivity contribution is 0.187. The Morgan fingerprint density at radius 3 is 1.77 bits per heavy atom. The molecule has 13 heavy (non-hydrogen) atoms. The zero-order valence-corrected chi connectivity index (χ0v) is 10.1. The van der Waals surface area contributed by atoms with Gasteiger partial charge in [0, 0.05) is 5.54 Å². The van der Waals surface area contributed by atoms with Crippen molar-refractivity contribution in [2.75, 3.05) is 13.1 Å². The molecule has 82 valence electrons. The van der Waals surface area contributed by atoms with E-state index in [4.69, 9.17) is 5.73 Å². The Hall–Kier alpha value is -0.0800. The minimum absolute atomic E-state index is 0.439. The van der Waals surface area contributed by atoms with Gasteiger partial charge in [-0.05, 0) is 32.4 Å². The summed E-state index contributed by atoms with van der Waals surface area (Å²) in [6.45, 7) is 12.2. The fourth-order valence-electron chi connectivity index (χ4n) is 1.45. The summed E-state index contributed by atoms with van der Waals surface area (Å²) < 4.78 is 0. The van der Waals surface area contributed by atoms with Gasteiger partial charge in [-0.1, -0.05) is 34.6 Å². The molecule has 1 aliphatic heterocycles. The molecule has 1 aliphatic rings. The van der Waals surface area contributed by atoms with Crippen molar-refractivity contribution in [2.24, 2.45) is 5.73 Å². The van der Waals surface area contributed by atoms with Gasteiger partial charge in [-0.2, -0.15) is 0 Å². The van der Waals surface area contributed by atoms with Crippen LogP contribution in [0.15, 0.2) is 0 Å². The fourth-order valence-corrected chi connectivity index (χ4v) is 1.45. The Morgan fingerprint density at radius 2 is 1.69 bits per heavy atom. The van der Waals surface area contributed by atoms with Gasteiger partial charge in [0.2, 0.25) is 0 Å². The van der Waals surface area contributed by atoms with Crippen LogP contribution in [-0.2, 0) is 0 Å². The standard InChI is InChI=1S/C7H16N2.2C2H6/c1-2-7(3-5-8)4-6-9-7;2*1-2/h9H,2-6,8H2,1H3;2*1-2H3. The summed E-state index contributed by atoms with van der Waals surface area (Å²) >= 11 is 0. The van der Waals surface area contributed by atoms with E-state index in [0.717, 1.165) is 13.0 Å². The number of rotatable bonds is 3. The summed E-state index contributed by atoms with van der Waals surface area (Å²) in [5.74, 6) is 0. The summed E-state index contributed by atoms with van der Waals surface area (Å²) in [6.07, 6.45) is 3.69. The highest BCUT2D eigenvalue weighted by Gasteiger charge is 2.32. The van der Waals surface area contributed by atoms with Crippen molar-refractivity contribution in [1.29, 1.82) is 0 Å². The molecule has 2 nitrogen and oxygen atoms in total. The second kappa shape index (κ2) is 10.0. The molecule has 2 heteroatoms. The van der Waals surface area contributed by atoms with Crippen LogP contribution in [0.3, 0.4) is 0 Å². The lowest BCUT2D eigenvalue weighted by Gasteiger charge is -2.42. The predicted octanol–water partition coefficient (Wildman–Crippen LogP) is 2.53. The first-order valence-corrected chi connectivity index (χ1v) is 5.78. The van der Waals surface area contributed by atoms with Gasteiger partial charge in [-0.25, -0.2) is 0 Å². The Kier molecular flexibility index (Phi) is 11.8. The van der Waals surface area contributed by atoms with Gasteiger partial charge in [0.25, 0.3) is 0 Å². The highest BCUT2D eigenvalue weighted by Crippen LogP contribution is 2.25. The van der Waals surface area contributed by atoms with Gasteiger partial charge < -0.3 is 11.1 Å². The minimum Gasteiger partial charge on any atom is -0.330 e. The molecular weight excluding hydrogens is 160 g/mol. The van der Waals surface area contributed by atoms with Crippen molar-refractivity contribution < 1.29 is 0 Å². The van der Waals surface area contributed by atoms with Crippen LogP contribution in [0.5, 0.6) is 0 Å². The average molecular weight is 188 g/mol. The van der Waals surface area contributed by atoms with E-state index in [-0.39, 0.29) is 0 Å². The van der Waals surface area contributed by atoms with Crippen LogP contribution in [0.2, 0.25) is 0 Å². The molecule has 0 aliphatic carbocycles. The predicted molar refractivity (Wildman–Crippen MR) is 62.0 cm³/mol. The third-order valence-corrected chi connectivity index (χ3v) is 2.40. The van der Waals surface area contributed by atoms with Gasteiger partial charge in [0.05, 0.1) is 0 Å². The summed E-state index contributed by atoms with van der Waals surface area (Å²) in [5, 5.41) is 3.43.